The first-order chi connectivity index (χ1) is 6.29. The highest BCUT2D eigenvalue weighted by atomic mass is 35.5. The van der Waals surface area contributed by atoms with Crippen LogP contribution in [-0.4, -0.2) is 15.2 Å². The third kappa shape index (κ3) is 1.80. The van der Waals surface area contributed by atoms with Gasteiger partial charge in [0.15, 0.2) is 5.65 Å². The molecule has 0 aromatic carbocycles. The van der Waals surface area contributed by atoms with Gasteiger partial charge in [-0.2, -0.15) is 5.10 Å². The Morgan fingerprint density at radius 1 is 1.38 bits per heavy atom. The minimum Gasteiger partial charge on any atom is -0.280 e. The van der Waals surface area contributed by atoms with Crippen molar-refractivity contribution < 1.29 is 0 Å². The van der Waals surface area contributed by atoms with Crippen molar-refractivity contribution in [1.29, 1.82) is 0 Å². The lowest BCUT2D eigenvalue weighted by molar-refractivity contribution is 1.05. The number of rotatable bonds is 0. The van der Waals surface area contributed by atoms with Crippen molar-refractivity contribution in [3.8, 4) is 0 Å². The van der Waals surface area contributed by atoms with E-state index in [0.717, 1.165) is 11.1 Å². The number of hydrogen-bond donors (Lipinski definition) is 1. The SMILES string of the molecule is CC.Cc1[nH]nc2nccc(Cl)c12. The van der Waals surface area contributed by atoms with Gasteiger partial charge in [0, 0.05) is 11.9 Å². The molecule has 70 valence electrons. The van der Waals surface area contributed by atoms with Gasteiger partial charge in [-0.15, -0.1) is 0 Å². The van der Waals surface area contributed by atoms with Crippen molar-refractivity contribution in [2.24, 2.45) is 0 Å². The van der Waals surface area contributed by atoms with Crippen LogP contribution in [-0.2, 0) is 0 Å². The third-order valence-corrected chi connectivity index (χ3v) is 1.90. The van der Waals surface area contributed by atoms with Crippen molar-refractivity contribution in [2.45, 2.75) is 20.8 Å². The number of nitrogens with zero attached hydrogens (tertiary/aromatic N) is 2. The van der Waals surface area contributed by atoms with Crippen molar-refractivity contribution in [1.82, 2.24) is 15.2 Å². The fourth-order valence-corrected chi connectivity index (χ4v) is 1.33. The molecular weight excluding hydrogens is 186 g/mol. The van der Waals surface area contributed by atoms with Gasteiger partial charge in [-0.05, 0) is 13.0 Å². The molecule has 0 spiro atoms. The molecule has 0 radical (unpaired) electrons. The average Bonchev–Trinajstić information content (AvgIpc) is 2.53. The zero-order valence-electron chi connectivity index (χ0n) is 7.93. The highest BCUT2D eigenvalue weighted by molar-refractivity contribution is 6.35. The Hall–Kier alpha value is -1.09. The summed E-state index contributed by atoms with van der Waals surface area (Å²) in [6.45, 7) is 5.92. The fraction of sp³-hybridized carbons (Fsp3) is 0.333. The average molecular weight is 198 g/mol. The third-order valence-electron chi connectivity index (χ3n) is 1.58. The van der Waals surface area contributed by atoms with E-state index in [-0.39, 0.29) is 0 Å². The van der Waals surface area contributed by atoms with Crippen molar-refractivity contribution in [2.75, 3.05) is 0 Å². The summed E-state index contributed by atoms with van der Waals surface area (Å²) >= 11 is 5.90. The Bertz CT molecular complexity index is 395. The maximum atomic E-state index is 5.90. The van der Waals surface area contributed by atoms with E-state index in [9.17, 15) is 0 Å². The van der Waals surface area contributed by atoms with Crippen LogP contribution in [0, 0.1) is 6.92 Å². The molecule has 0 atom stereocenters. The van der Waals surface area contributed by atoms with E-state index in [0.29, 0.717) is 10.7 Å². The monoisotopic (exact) mass is 197 g/mol. The van der Waals surface area contributed by atoms with Gasteiger partial charge in [0.05, 0.1) is 10.4 Å². The summed E-state index contributed by atoms with van der Waals surface area (Å²) in [5.41, 5.74) is 1.63. The highest BCUT2D eigenvalue weighted by Gasteiger charge is 2.04. The molecule has 0 bridgehead atoms. The topological polar surface area (TPSA) is 41.6 Å². The lowest BCUT2D eigenvalue weighted by atomic mass is 10.3. The first kappa shape index (κ1) is 9.99. The van der Waals surface area contributed by atoms with Crippen LogP contribution in [0.25, 0.3) is 11.0 Å². The fourth-order valence-electron chi connectivity index (χ4n) is 1.05. The molecule has 2 aromatic rings. The molecule has 0 aliphatic heterocycles. The van der Waals surface area contributed by atoms with Crippen LogP contribution in [0.3, 0.4) is 0 Å². The standard InChI is InChI=1S/C7H6ClN3.C2H6/c1-4-6-5(8)2-3-9-7(6)11-10-4;1-2/h2-3H,1H3,(H,9,10,11);1-2H3. The maximum absolute atomic E-state index is 5.90. The van der Waals surface area contributed by atoms with E-state index in [1.54, 1.807) is 12.3 Å². The predicted molar refractivity (Wildman–Crippen MR) is 55.0 cm³/mol. The van der Waals surface area contributed by atoms with Gasteiger partial charge in [-0.3, -0.25) is 5.10 Å². The van der Waals surface area contributed by atoms with Crippen molar-refractivity contribution >= 4 is 22.6 Å². The largest absolute Gasteiger partial charge is 0.280 e. The lowest BCUT2D eigenvalue weighted by Gasteiger charge is -1.90. The van der Waals surface area contributed by atoms with Gasteiger partial charge < -0.3 is 0 Å². The van der Waals surface area contributed by atoms with Crippen LogP contribution in [0.15, 0.2) is 12.3 Å². The predicted octanol–water partition coefficient (Wildman–Crippen LogP) is 2.95. The molecule has 0 fully saturated rings. The summed E-state index contributed by atoms with van der Waals surface area (Å²) in [6, 6.07) is 1.76. The molecule has 0 aliphatic rings. The summed E-state index contributed by atoms with van der Waals surface area (Å²) < 4.78 is 0. The minimum atomic E-state index is 0.676. The maximum Gasteiger partial charge on any atom is 0.182 e. The van der Waals surface area contributed by atoms with Crippen LogP contribution in [0.5, 0.6) is 0 Å². The van der Waals surface area contributed by atoms with Gasteiger partial charge in [-0.25, -0.2) is 4.98 Å². The second kappa shape index (κ2) is 4.23. The molecule has 3 nitrogen and oxygen atoms in total. The van der Waals surface area contributed by atoms with Crippen LogP contribution >= 0.6 is 11.6 Å². The summed E-state index contributed by atoms with van der Waals surface area (Å²) in [7, 11) is 0. The molecule has 13 heavy (non-hydrogen) atoms. The van der Waals surface area contributed by atoms with E-state index in [4.69, 9.17) is 11.6 Å². The molecule has 2 aromatic heterocycles. The first-order valence-corrected chi connectivity index (χ1v) is 4.62. The molecule has 0 aliphatic carbocycles. The second-order valence-electron chi connectivity index (χ2n) is 2.34. The summed E-state index contributed by atoms with van der Waals surface area (Å²) in [4.78, 5) is 4.04. The van der Waals surface area contributed by atoms with Crippen LogP contribution < -0.4 is 0 Å². The molecule has 0 amide bonds. The van der Waals surface area contributed by atoms with Gasteiger partial charge in [0.25, 0.3) is 0 Å². The van der Waals surface area contributed by atoms with E-state index >= 15 is 0 Å². The number of aromatic amines is 1. The van der Waals surface area contributed by atoms with Crippen molar-refractivity contribution in [3.63, 3.8) is 0 Å². The van der Waals surface area contributed by atoms with Crippen molar-refractivity contribution in [3.05, 3.63) is 23.0 Å². The van der Waals surface area contributed by atoms with E-state index < -0.39 is 0 Å². The number of aryl methyl sites for hydroxylation is 1. The van der Waals surface area contributed by atoms with Crippen LogP contribution in [0.2, 0.25) is 5.02 Å². The Labute approximate surface area is 82.1 Å². The summed E-state index contributed by atoms with van der Waals surface area (Å²) in [5, 5.41) is 8.39. The van der Waals surface area contributed by atoms with Gasteiger partial charge in [0.1, 0.15) is 0 Å². The number of pyridine rings is 1. The Balaban J connectivity index is 0.000000396. The Kier molecular flexibility index (Phi) is 3.25. The smallest absolute Gasteiger partial charge is 0.182 e. The number of H-pyrrole nitrogens is 1. The normalized spacial score (nSPS) is 9.54. The van der Waals surface area contributed by atoms with E-state index in [1.807, 2.05) is 20.8 Å². The van der Waals surface area contributed by atoms with Crippen LogP contribution in [0.4, 0.5) is 0 Å². The van der Waals surface area contributed by atoms with E-state index in [2.05, 4.69) is 15.2 Å². The number of nitrogens with one attached hydrogen (secondary N) is 1. The first-order valence-electron chi connectivity index (χ1n) is 4.24. The molecular formula is C9H12ClN3. The minimum absolute atomic E-state index is 0.676. The summed E-state index contributed by atoms with van der Waals surface area (Å²) in [5.74, 6) is 0. The zero-order chi connectivity index (χ0) is 9.84. The lowest BCUT2D eigenvalue weighted by Crippen LogP contribution is -1.75. The Morgan fingerprint density at radius 2 is 2.08 bits per heavy atom. The quantitative estimate of drug-likeness (QED) is 0.706. The number of aromatic nitrogens is 3. The molecule has 0 unspecified atom stereocenters. The number of hydrogen-bond acceptors (Lipinski definition) is 2. The molecule has 4 heteroatoms. The molecule has 1 N–H and O–H groups in total. The molecule has 0 saturated heterocycles. The van der Waals surface area contributed by atoms with Gasteiger partial charge in [0.2, 0.25) is 0 Å². The highest BCUT2D eigenvalue weighted by Crippen LogP contribution is 2.21. The number of fused-ring (bicyclic) bond motifs is 1. The number of halogens is 1. The molecule has 0 saturated carbocycles. The molecule has 2 rings (SSSR count). The Morgan fingerprint density at radius 3 is 2.69 bits per heavy atom. The second-order valence-corrected chi connectivity index (χ2v) is 2.75. The van der Waals surface area contributed by atoms with E-state index in [1.165, 1.54) is 0 Å². The molecule has 2 heterocycles. The van der Waals surface area contributed by atoms with Gasteiger partial charge in [-0.1, -0.05) is 25.4 Å². The summed E-state index contributed by atoms with van der Waals surface area (Å²) in [6.07, 6.45) is 1.64. The van der Waals surface area contributed by atoms with Crippen LogP contribution in [0.1, 0.15) is 19.5 Å². The zero-order valence-corrected chi connectivity index (χ0v) is 8.68. The van der Waals surface area contributed by atoms with Gasteiger partial charge >= 0.3 is 0 Å².